The van der Waals surface area contributed by atoms with Gasteiger partial charge in [0.2, 0.25) is 0 Å². The SMILES string of the molecule is CCOc1cc(F)ccc1NC1CCCOC1. The first-order valence-electron chi connectivity index (χ1n) is 6.06. The molecule has 0 aliphatic carbocycles. The maximum absolute atomic E-state index is 13.1. The Balaban J connectivity index is 2.07. The molecular weight excluding hydrogens is 221 g/mol. The Kier molecular flexibility index (Phi) is 4.20. The fourth-order valence-electron chi connectivity index (χ4n) is 1.96. The summed E-state index contributed by atoms with van der Waals surface area (Å²) in [5, 5.41) is 3.34. The summed E-state index contributed by atoms with van der Waals surface area (Å²) in [6, 6.07) is 4.85. The number of halogens is 1. The summed E-state index contributed by atoms with van der Waals surface area (Å²) in [5.74, 6) is 0.289. The third-order valence-corrected chi connectivity index (χ3v) is 2.76. The average molecular weight is 239 g/mol. The monoisotopic (exact) mass is 239 g/mol. The molecule has 1 fully saturated rings. The molecule has 1 unspecified atom stereocenters. The van der Waals surface area contributed by atoms with Gasteiger partial charge in [-0.3, -0.25) is 0 Å². The fraction of sp³-hybridized carbons (Fsp3) is 0.538. The third-order valence-electron chi connectivity index (χ3n) is 2.76. The zero-order chi connectivity index (χ0) is 12.1. The number of benzene rings is 1. The predicted octanol–water partition coefficient (Wildman–Crippen LogP) is 2.82. The second kappa shape index (κ2) is 5.87. The van der Waals surface area contributed by atoms with Crippen molar-refractivity contribution < 1.29 is 13.9 Å². The van der Waals surface area contributed by atoms with Gasteiger partial charge >= 0.3 is 0 Å². The molecule has 1 atom stereocenters. The summed E-state index contributed by atoms with van der Waals surface area (Å²) in [6.45, 7) is 3.95. The Morgan fingerprint density at radius 1 is 1.53 bits per heavy atom. The van der Waals surface area contributed by atoms with Gasteiger partial charge in [0.1, 0.15) is 11.6 Å². The van der Waals surface area contributed by atoms with Gasteiger partial charge in [0, 0.05) is 18.7 Å². The summed E-state index contributed by atoms with van der Waals surface area (Å²) in [5.41, 5.74) is 0.837. The molecule has 1 aromatic rings. The van der Waals surface area contributed by atoms with Crippen LogP contribution in [0, 0.1) is 5.82 Å². The Morgan fingerprint density at radius 3 is 3.12 bits per heavy atom. The molecule has 1 aromatic carbocycles. The molecule has 1 saturated heterocycles. The van der Waals surface area contributed by atoms with Crippen molar-refractivity contribution >= 4 is 5.69 Å². The van der Waals surface area contributed by atoms with Gasteiger partial charge < -0.3 is 14.8 Å². The summed E-state index contributed by atoms with van der Waals surface area (Å²) in [4.78, 5) is 0. The van der Waals surface area contributed by atoms with Crippen LogP contribution in [0.1, 0.15) is 19.8 Å². The van der Waals surface area contributed by atoms with Crippen LogP contribution in [-0.2, 0) is 4.74 Å². The lowest BCUT2D eigenvalue weighted by Crippen LogP contribution is -2.30. The molecule has 1 aliphatic heterocycles. The van der Waals surface area contributed by atoms with Gasteiger partial charge in [0.05, 0.1) is 18.9 Å². The Labute approximate surface area is 101 Å². The van der Waals surface area contributed by atoms with E-state index in [1.54, 1.807) is 6.07 Å². The van der Waals surface area contributed by atoms with Crippen LogP contribution in [0.2, 0.25) is 0 Å². The van der Waals surface area contributed by atoms with Gasteiger partial charge in [-0.05, 0) is 31.9 Å². The quantitative estimate of drug-likeness (QED) is 0.876. The molecule has 0 spiro atoms. The zero-order valence-corrected chi connectivity index (χ0v) is 10.0. The van der Waals surface area contributed by atoms with E-state index in [-0.39, 0.29) is 11.9 Å². The number of hydrogen-bond acceptors (Lipinski definition) is 3. The van der Waals surface area contributed by atoms with Crippen molar-refractivity contribution in [2.45, 2.75) is 25.8 Å². The van der Waals surface area contributed by atoms with Crippen LogP contribution in [0.5, 0.6) is 5.75 Å². The Hall–Kier alpha value is -1.29. The predicted molar refractivity (Wildman–Crippen MR) is 65.0 cm³/mol. The molecule has 0 amide bonds. The van der Waals surface area contributed by atoms with Crippen LogP contribution in [0.15, 0.2) is 18.2 Å². The minimum Gasteiger partial charge on any atom is -0.492 e. The highest BCUT2D eigenvalue weighted by molar-refractivity contribution is 5.57. The minimum absolute atomic E-state index is 0.279. The second-order valence-corrected chi connectivity index (χ2v) is 4.13. The Morgan fingerprint density at radius 2 is 2.41 bits per heavy atom. The first-order valence-corrected chi connectivity index (χ1v) is 6.06. The van der Waals surface area contributed by atoms with Gasteiger partial charge in [-0.15, -0.1) is 0 Å². The lowest BCUT2D eigenvalue weighted by Gasteiger charge is -2.25. The number of anilines is 1. The third kappa shape index (κ3) is 3.33. The van der Waals surface area contributed by atoms with E-state index < -0.39 is 0 Å². The molecule has 1 N–H and O–H groups in total. The van der Waals surface area contributed by atoms with Crippen molar-refractivity contribution in [3.05, 3.63) is 24.0 Å². The van der Waals surface area contributed by atoms with E-state index in [9.17, 15) is 4.39 Å². The maximum atomic E-state index is 13.1. The van der Waals surface area contributed by atoms with E-state index >= 15 is 0 Å². The van der Waals surface area contributed by atoms with Gasteiger partial charge in [0.25, 0.3) is 0 Å². The lowest BCUT2D eigenvalue weighted by molar-refractivity contribution is 0.0875. The van der Waals surface area contributed by atoms with E-state index in [4.69, 9.17) is 9.47 Å². The van der Waals surface area contributed by atoms with E-state index in [0.717, 1.165) is 25.1 Å². The molecule has 0 radical (unpaired) electrons. The van der Waals surface area contributed by atoms with Crippen LogP contribution in [0.4, 0.5) is 10.1 Å². The highest BCUT2D eigenvalue weighted by atomic mass is 19.1. The van der Waals surface area contributed by atoms with Crippen LogP contribution in [0.3, 0.4) is 0 Å². The van der Waals surface area contributed by atoms with Crippen LogP contribution in [-0.4, -0.2) is 25.9 Å². The first kappa shape index (κ1) is 12.2. The molecule has 0 aromatic heterocycles. The molecule has 0 bridgehead atoms. The standard InChI is InChI=1S/C13H18FNO2/c1-2-17-13-8-10(14)5-6-12(13)15-11-4-3-7-16-9-11/h5-6,8,11,15H,2-4,7,9H2,1H3. The second-order valence-electron chi connectivity index (χ2n) is 4.13. The molecule has 94 valence electrons. The van der Waals surface area contributed by atoms with Crippen LogP contribution >= 0.6 is 0 Å². The molecule has 4 heteroatoms. The van der Waals surface area contributed by atoms with Crippen molar-refractivity contribution in [1.29, 1.82) is 0 Å². The molecule has 2 rings (SSSR count). The molecule has 1 heterocycles. The summed E-state index contributed by atoms with van der Waals surface area (Å²) >= 11 is 0. The minimum atomic E-state index is -0.279. The lowest BCUT2D eigenvalue weighted by atomic mass is 10.1. The van der Waals surface area contributed by atoms with Crippen molar-refractivity contribution in [3.63, 3.8) is 0 Å². The van der Waals surface area contributed by atoms with Crippen molar-refractivity contribution in [3.8, 4) is 5.75 Å². The molecule has 0 saturated carbocycles. The molecule has 3 nitrogen and oxygen atoms in total. The highest BCUT2D eigenvalue weighted by Crippen LogP contribution is 2.27. The number of rotatable bonds is 4. The largest absolute Gasteiger partial charge is 0.492 e. The normalized spacial score (nSPS) is 20.0. The summed E-state index contributed by atoms with van der Waals surface area (Å²) in [7, 11) is 0. The van der Waals surface area contributed by atoms with Crippen molar-refractivity contribution in [1.82, 2.24) is 0 Å². The van der Waals surface area contributed by atoms with Crippen molar-refractivity contribution in [2.24, 2.45) is 0 Å². The van der Waals surface area contributed by atoms with Crippen molar-refractivity contribution in [2.75, 3.05) is 25.1 Å². The fourth-order valence-corrected chi connectivity index (χ4v) is 1.96. The van der Waals surface area contributed by atoms with E-state index in [1.165, 1.54) is 12.1 Å². The highest BCUT2D eigenvalue weighted by Gasteiger charge is 2.15. The maximum Gasteiger partial charge on any atom is 0.145 e. The topological polar surface area (TPSA) is 30.5 Å². The van der Waals surface area contributed by atoms with Gasteiger partial charge in [0.15, 0.2) is 0 Å². The summed E-state index contributed by atoms with van der Waals surface area (Å²) in [6.07, 6.45) is 2.13. The zero-order valence-electron chi connectivity index (χ0n) is 10.0. The number of hydrogen-bond donors (Lipinski definition) is 1. The van der Waals surface area contributed by atoms with Crippen LogP contribution < -0.4 is 10.1 Å². The molecular formula is C13H18FNO2. The smallest absolute Gasteiger partial charge is 0.145 e. The van der Waals surface area contributed by atoms with E-state index in [1.807, 2.05) is 6.92 Å². The average Bonchev–Trinajstić information content (AvgIpc) is 2.34. The Bertz CT molecular complexity index is 364. The van der Waals surface area contributed by atoms with Crippen LogP contribution in [0.25, 0.3) is 0 Å². The van der Waals surface area contributed by atoms with Gasteiger partial charge in [-0.25, -0.2) is 4.39 Å². The number of ether oxygens (including phenoxy) is 2. The molecule has 1 aliphatic rings. The van der Waals surface area contributed by atoms with Gasteiger partial charge in [-0.1, -0.05) is 0 Å². The van der Waals surface area contributed by atoms with E-state index in [2.05, 4.69) is 5.32 Å². The first-order chi connectivity index (χ1) is 8.29. The van der Waals surface area contributed by atoms with E-state index in [0.29, 0.717) is 19.0 Å². The molecule has 17 heavy (non-hydrogen) atoms. The summed E-state index contributed by atoms with van der Waals surface area (Å²) < 4.78 is 23.9. The van der Waals surface area contributed by atoms with Gasteiger partial charge in [-0.2, -0.15) is 0 Å². The number of nitrogens with one attached hydrogen (secondary N) is 1.